The van der Waals surface area contributed by atoms with Crippen LogP contribution in [-0.4, -0.2) is 16.7 Å². The Labute approximate surface area is 128 Å². The van der Waals surface area contributed by atoms with E-state index in [0.29, 0.717) is 6.04 Å². The smallest absolute Gasteiger partial charge is 0.157 e. The Balaban J connectivity index is 1.77. The molecule has 1 N–H and O–H groups in total. The standard InChI is InChI=1S/C15H21N3S2/c1-3-8-16-10(2)14-17-18-15(20-14)13-9-11-6-4-5-7-12(11)19-13/h9-10,16H,3-8H2,1-2H3. The van der Waals surface area contributed by atoms with Gasteiger partial charge < -0.3 is 5.32 Å². The summed E-state index contributed by atoms with van der Waals surface area (Å²) >= 11 is 3.65. The van der Waals surface area contributed by atoms with Gasteiger partial charge in [0.15, 0.2) is 5.01 Å². The SMILES string of the molecule is CCCNC(C)c1nnc(-c2cc3c(s2)CCCC3)s1. The fraction of sp³-hybridized carbons (Fsp3) is 0.600. The highest BCUT2D eigenvalue weighted by molar-refractivity contribution is 7.21. The van der Waals surface area contributed by atoms with E-state index < -0.39 is 0 Å². The van der Waals surface area contributed by atoms with Crippen LogP contribution < -0.4 is 5.32 Å². The predicted molar refractivity (Wildman–Crippen MR) is 86.6 cm³/mol. The number of hydrogen-bond acceptors (Lipinski definition) is 5. The summed E-state index contributed by atoms with van der Waals surface area (Å²) in [4.78, 5) is 2.88. The van der Waals surface area contributed by atoms with E-state index in [2.05, 4.69) is 35.4 Å². The Kier molecular flexibility index (Phi) is 4.48. The third-order valence-electron chi connectivity index (χ3n) is 3.72. The van der Waals surface area contributed by atoms with E-state index >= 15 is 0 Å². The molecule has 2 heterocycles. The van der Waals surface area contributed by atoms with Gasteiger partial charge in [-0.25, -0.2) is 0 Å². The van der Waals surface area contributed by atoms with Gasteiger partial charge in [-0.2, -0.15) is 0 Å². The predicted octanol–water partition coefficient (Wildman–Crippen LogP) is 4.21. The molecular weight excluding hydrogens is 286 g/mol. The molecule has 3 nitrogen and oxygen atoms in total. The molecule has 0 spiro atoms. The van der Waals surface area contributed by atoms with Crippen molar-refractivity contribution in [2.75, 3.05) is 6.54 Å². The first-order chi connectivity index (χ1) is 9.78. The van der Waals surface area contributed by atoms with E-state index in [1.807, 2.05) is 11.3 Å². The zero-order chi connectivity index (χ0) is 13.9. The van der Waals surface area contributed by atoms with Gasteiger partial charge in [0.25, 0.3) is 0 Å². The molecule has 0 fully saturated rings. The Bertz CT molecular complexity index is 550. The number of thiophene rings is 1. The molecule has 0 aliphatic heterocycles. The lowest BCUT2D eigenvalue weighted by molar-refractivity contribution is 0.564. The molecule has 0 saturated heterocycles. The Morgan fingerprint density at radius 1 is 1.25 bits per heavy atom. The third kappa shape index (κ3) is 2.95. The van der Waals surface area contributed by atoms with Gasteiger partial charge in [0, 0.05) is 4.88 Å². The molecule has 0 bridgehead atoms. The minimum absolute atomic E-state index is 0.302. The number of nitrogens with one attached hydrogen (secondary N) is 1. The normalized spacial score (nSPS) is 16.1. The van der Waals surface area contributed by atoms with Crippen LogP contribution in [0.3, 0.4) is 0 Å². The summed E-state index contributed by atoms with van der Waals surface area (Å²) in [5, 5.41) is 14.4. The van der Waals surface area contributed by atoms with Crippen molar-refractivity contribution in [2.24, 2.45) is 0 Å². The van der Waals surface area contributed by atoms with Crippen molar-refractivity contribution in [3.8, 4) is 9.88 Å². The van der Waals surface area contributed by atoms with E-state index in [1.165, 1.54) is 30.6 Å². The molecule has 20 heavy (non-hydrogen) atoms. The summed E-state index contributed by atoms with van der Waals surface area (Å²) in [5.41, 5.74) is 1.55. The molecule has 108 valence electrons. The molecule has 1 aliphatic rings. The van der Waals surface area contributed by atoms with Crippen molar-refractivity contribution in [2.45, 2.75) is 52.0 Å². The maximum absolute atomic E-state index is 4.40. The summed E-state index contributed by atoms with van der Waals surface area (Å²) in [6.07, 6.45) is 6.31. The maximum Gasteiger partial charge on any atom is 0.157 e. The molecule has 0 aromatic carbocycles. The number of aryl methyl sites for hydroxylation is 2. The molecule has 0 saturated carbocycles. The van der Waals surface area contributed by atoms with Crippen LogP contribution >= 0.6 is 22.7 Å². The summed E-state index contributed by atoms with van der Waals surface area (Å²) in [5.74, 6) is 0. The van der Waals surface area contributed by atoms with Crippen molar-refractivity contribution in [3.05, 3.63) is 21.5 Å². The largest absolute Gasteiger partial charge is 0.308 e. The molecule has 3 rings (SSSR count). The van der Waals surface area contributed by atoms with Gasteiger partial charge in [0.2, 0.25) is 0 Å². The van der Waals surface area contributed by atoms with Gasteiger partial charge in [-0.3, -0.25) is 0 Å². The number of hydrogen-bond donors (Lipinski definition) is 1. The molecule has 1 unspecified atom stereocenters. The fourth-order valence-corrected chi connectivity index (χ4v) is 4.72. The highest BCUT2D eigenvalue weighted by Crippen LogP contribution is 2.37. The van der Waals surface area contributed by atoms with E-state index in [4.69, 9.17) is 0 Å². The molecule has 0 amide bonds. The molecular formula is C15H21N3S2. The Morgan fingerprint density at radius 2 is 2.10 bits per heavy atom. The molecule has 2 aromatic heterocycles. The number of nitrogens with zero attached hydrogens (tertiary/aromatic N) is 2. The first-order valence-corrected chi connectivity index (χ1v) is 9.10. The van der Waals surface area contributed by atoms with Crippen molar-refractivity contribution in [3.63, 3.8) is 0 Å². The third-order valence-corrected chi connectivity index (χ3v) is 6.23. The van der Waals surface area contributed by atoms with E-state index in [0.717, 1.165) is 23.0 Å². The van der Waals surface area contributed by atoms with Gasteiger partial charge in [0.1, 0.15) is 5.01 Å². The number of aromatic nitrogens is 2. The molecule has 1 aliphatic carbocycles. The van der Waals surface area contributed by atoms with E-state index in [-0.39, 0.29) is 0 Å². The monoisotopic (exact) mass is 307 g/mol. The van der Waals surface area contributed by atoms with Crippen LogP contribution in [-0.2, 0) is 12.8 Å². The van der Waals surface area contributed by atoms with Crippen molar-refractivity contribution < 1.29 is 0 Å². The molecule has 2 aromatic rings. The number of rotatable bonds is 5. The van der Waals surface area contributed by atoms with Crippen LogP contribution in [0.4, 0.5) is 0 Å². The fourth-order valence-electron chi connectivity index (χ4n) is 2.55. The lowest BCUT2D eigenvalue weighted by atomic mass is 9.99. The van der Waals surface area contributed by atoms with E-state index in [9.17, 15) is 0 Å². The topological polar surface area (TPSA) is 37.8 Å². The highest BCUT2D eigenvalue weighted by Gasteiger charge is 2.18. The molecule has 1 atom stereocenters. The van der Waals surface area contributed by atoms with Crippen LogP contribution in [0.2, 0.25) is 0 Å². The Morgan fingerprint density at radius 3 is 2.90 bits per heavy atom. The van der Waals surface area contributed by atoms with Gasteiger partial charge in [-0.1, -0.05) is 18.3 Å². The lowest BCUT2D eigenvalue weighted by Gasteiger charge is -2.08. The highest BCUT2D eigenvalue weighted by atomic mass is 32.1. The van der Waals surface area contributed by atoms with Crippen molar-refractivity contribution >= 4 is 22.7 Å². The summed E-state index contributed by atoms with van der Waals surface area (Å²) < 4.78 is 0. The van der Waals surface area contributed by atoms with Crippen LogP contribution in [0.5, 0.6) is 0 Å². The zero-order valence-electron chi connectivity index (χ0n) is 12.1. The lowest BCUT2D eigenvalue weighted by Crippen LogP contribution is -2.18. The second kappa shape index (κ2) is 6.33. The second-order valence-electron chi connectivity index (χ2n) is 5.39. The van der Waals surface area contributed by atoms with Crippen LogP contribution in [0.15, 0.2) is 6.07 Å². The average molecular weight is 307 g/mol. The number of fused-ring (bicyclic) bond motifs is 1. The maximum atomic E-state index is 4.40. The quantitative estimate of drug-likeness (QED) is 0.899. The van der Waals surface area contributed by atoms with Crippen molar-refractivity contribution in [1.29, 1.82) is 0 Å². The zero-order valence-corrected chi connectivity index (χ0v) is 13.7. The van der Waals surface area contributed by atoms with Gasteiger partial charge in [0.05, 0.1) is 10.9 Å². The van der Waals surface area contributed by atoms with Crippen molar-refractivity contribution in [1.82, 2.24) is 15.5 Å². The molecule has 0 radical (unpaired) electrons. The summed E-state index contributed by atoms with van der Waals surface area (Å²) in [6.45, 7) is 5.38. The summed E-state index contributed by atoms with van der Waals surface area (Å²) in [6, 6.07) is 2.64. The first-order valence-electron chi connectivity index (χ1n) is 7.46. The van der Waals surface area contributed by atoms with Gasteiger partial charge in [-0.05, 0) is 57.2 Å². The van der Waals surface area contributed by atoms with Crippen LogP contribution in [0.1, 0.15) is 54.6 Å². The average Bonchev–Trinajstić information content (AvgIpc) is 3.10. The molecule has 5 heteroatoms. The van der Waals surface area contributed by atoms with Crippen LogP contribution in [0.25, 0.3) is 9.88 Å². The first kappa shape index (κ1) is 14.2. The minimum atomic E-state index is 0.302. The second-order valence-corrected chi connectivity index (χ2v) is 7.53. The minimum Gasteiger partial charge on any atom is -0.308 e. The summed E-state index contributed by atoms with van der Waals surface area (Å²) in [7, 11) is 0. The van der Waals surface area contributed by atoms with Crippen LogP contribution in [0, 0.1) is 0 Å². The Hall–Kier alpha value is -0.780. The van der Waals surface area contributed by atoms with Gasteiger partial charge in [-0.15, -0.1) is 21.5 Å². The van der Waals surface area contributed by atoms with Gasteiger partial charge >= 0.3 is 0 Å². The van der Waals surface area contributed by atoms with E-state index in [1.54, 1.807) is 21.8 Å².